The van der Waals surface area contributed by atoms with Crippen LogP contribution in [0.15, 0.2) is 18.2 Å². The van der Waals surface area contributed by atoms with Crippen LogP contribution < -0.4 is 5.73 Å². The Kier molecular flexibility index (Phi) is 5.81. The molecule has 1 aromatic rings. The highest BCUT2D eigenvalue weighted by atomic mass is 35.5. The van der Waals surface area contributed by atoms with Crippen LogP contribution in [0.2, 0.25) is 10.0 Å². The summed E-state index contributed by atoms with van der Waals surface area (Å²) in [7, 11) is 0. The van der Waals surface area contributed by atoms with E-state index >= 15 is 0 Å². The number of carbonyl (C=O) groups excluding carboxylic acids is 1. The van der Waals surface area contributed by atoms with E-state index in [1.54, 1.807) is 18.2 Å². The minimum Gasteiger partial charge on any atom is -0.330 e. The smallest absolute Gasteiger partial charge is 0.164 e. The van der Waals surface area contributed by atoms with Gasteiger partial charge in [0.05, 0.1) is 5.02 Å². The molecule has 1 rings (SSSR count). The molecule has 0 aliphatic heterocycles. The molecule has 0 radical (unpaired) electrons. The molecule has 4 heteroatoms. The van der Waals surface area contributed by atoms with E-state index in [1.807, 2.05) is 0 Å². The van der Waals surface area contributed by atoms with E-state index in [0.717, 1.165) is 19.3 Å². The summed E-state index contributed by atoms with van der Waals surface area (Å²) in [4.78, 5) is 11.8. The third kappa shape index (κ3) is 4.12. The summed E-state index contributed by atoms with van der Waals surface area (Å²) in [5.41, 5.74) is 5.89. The van der Waals surface area contributed by atoms with Gasteiger partial charge in [-0.25, -0.2) is 0 Å². The van der Waals surface area contributed by atoms with Crippen molar-refractivity contribution in [1.82, 2.24) is 0 Å². The van der Waals surface area contributed by atoms with Crippen molar-refractivity contribution in [3.63, 3.8) is 0 Å². The lowest BCUT2D eigenvalue weighted by Gasteiger charge is -2.04. The quantitative estimate of drug-likeness (QED) is 0.626. The molecule has 0 aliphatic carbocycles. The number of rotatable bonds is 6. The minimum atomic E-state index is 0.0459. The van der Waals surface area contributed by atoms with Crippen molar-refractivity contribution in [3.05, 3.63) is 33.8 Å². The molecular weight excluding hydrogens is 245 g/mol. The molecule has 0 unspecified atom stereocenters. The topological polar surface area (TPSA) is 43.1 Å². The molecule has 0 bridgehead atoms. The SMILES string of the molecule is NCCCCCC(=O)c1cc(Cl)ccc1Cl. The predicted octanol–water partition coefficient (Wildman–Crippen LogP) is 3.70. The van der Waals surface area contributed by atoms with Gasteiger partial charge in [0, 0.05) is 17.0 Å². The Morgan fingerprint density at radius 3 is 2.62 bits per heavy atom. The summed E-state index contributed by atoms with van der Waals surface area (Å²) in [6.45, 7) is 0.673. The third-order valence-corrected chi connectivity index (χ3v) is 2.90. The highest BCUT2D eigenvalue weighted by Crippen LogP contribution is 2.22. The van der Waals surface area contributed by atoms with Crippen LogP contribution in [0.3, 0.4) is 0 Å². The molecule has 0 saturated carbocycles. The number of carbonyl (C=O) groups is 1. The fraction of sp³-hybridized carbons (Fsp3) is 0.417. The number of hydrogen-bond acceptors (Lipinski definition) is 2. The average Bonchev–Trinajstić information content (AvgIpc) is 2.27. The van der Waals surface area contributed by atoms with Crippen LogP contribution in [-0.4, -0.2) is 12.3 Å². The third-order valence-electron chi connectivity index (χ3n) is 2.34. The lowest BCUT2D eigenvalue weighted by atomic mass is 10.0. The van der Waals surface area contributed by atoms with Gasteiger partial charge in [-0.1, -0.05) is 29.6 Å². The van der Waals surface area contributed by atoms with Crippen molar-refractivity contribution in [2.24, 2.45) is 5.73 Å². The summed E-state index contributed by atoms with van der Waals surface area (Å²) in [5, 5.41) is 1.00. The fourth-order valence-corrected chi connectivity index (χ4v) is 1.85. The molecule has 0 spiro atoms. The second-order valence-electron chi connectivity index (χ2n) is 3.65. The van der Waals surface area contributed by atoms with Crippen LogP contribution in [0.25, 0.3) is 0 Å². The average molecular weight is 260 g/mol. The second kappa shape index (κ2) is 6.89. The summed E-state index contributed by atoms with van der Waals surface area (Å²) in [6, 6.07) is 4.95. The zero-order chi connectivity index (χ0) is 12.0. The molecule has 0 aromatic heterocycles. The van der Waals surface area contributed by atoms with Crippen molar-refractivity contribution in [1.29, 1.82) is 0 Å². The standard InChI is InChI=1S/C12H15Cl2NO/c13-9-5-6-11(14)10(8-9)12(16)4-2-1-3-7-15/h5-6,8H,1-4,7,15H2. The maximum absolute atomic E-state index is 11.8. The van der Waals surface area contributed by atoms with E-state index in [2.05, 4.69) is 0 Å². The molecule has 0 amide bonds. The van der Waals surface area contributed by atoms with Gasteiger partial charge in [-0.3, -0.25) is 4.79 Å². The maximum atomic E-state index is 11.8. The van der Waals surface area contributed by atoms with Gasteiger partial charge in [0.15, 0.2) is 5.78 Å². The highest BCUT2D eigenvalue weighted by molar-refractivity contribution is 6.35. The Morgan fingerprint density at radius 1 is 1.19 bits per heavy atom. The van der Waals surface area contributed by atoms with Gasteiger partial charge in [-0.05, 0) is 37.6 Å². The van der Waals surface area contributed by atoms with Gasteiger partial charge in [-0.2, -0.15) is 0 Å². The predicted molar refractivity (Wildman–Crippen MR) is 68.3 cm³/mol. The van der Waals surface area contributed by atoms with Gasteiger partial charge < -0.3 is 5.73 Å². The van der Waals surface area contributed by atoms with Crippen molar-refractivity contribution in [3.8, 4) is 0 Å². The molecule has 88 valence electrons. The number of nitrogens with two attached hydrogens (primary N) is 1. The molecule has 0 saturated heterocycles. The first kappa shape index (κ1) is 13.5. The second-order valence-corrected chi connectivity index (χ2v) is 4.49. The molecular formula is C12H15Cl2NO. The number of halogens is 2. The van der Waals surface area contributed by atoms with Crippen molar-refractivity contribution in [2.45, 2.75) is 25.7 Å². The Balaban J connectivity index is 2.55. The van der Waals surface area contributed by atoms with E-state index in [0.29, 0.717) is 28.6 Å². The number of benzene rings is 1. The monoisotopic (exact) mass is 259 g/mol. The van der Waals surface area contributed by atoms with Gasteiger partial charge in [0.1, 0.15) is 0 Å². The van der Waals surface area contributed by atoms with Crippen LogP contribution in [0.5, 0.6) is 0 Å². The Labute approximate surface area is 106 Å². The largest absolute Gasteiger partial charge is 0.330 e. The number of hydrogen-bond donors (Lipinski definition) is 1. The van der Waals surface area contributed by atoms with Gasteiger partial charge >= 0.3 is 0 Å². The molecule has 2 nitrogen and oxygen atoms in total. The van der Waals surface area contributed by atoms with E-state index in [-0.39, 0.29) is 5.78 Å². The molecule has 1 aromatic carbocycles. The fourth-order valence-electron chi connectivity index (χ4n) is 1.45. The van der Waals surface area contributed by atoms with Crippen molar-refractivity contribution >= 4 is 29.0 Å². The van der Waals surface area contributed by atoms with E-state index in [9.17, 15) is 4.79 Å². The molecule has 2 N–H and O–H groups in total. The number of Topliss-reactive ketones (excluding diaryl/α,β-unsaturated/α-hetero) is 1. The van der Waals surface area contributed by atoms with Crippen LogP contribution in [0, 0.1) is 0 Å². The van der Waals surface area contributed by atoms with Crippen molar-refractivity contribution in [2.75, 3.05) is 6.54 Å². The Morgan fingerprint density at radius 2 is 1.94 bits per heavy atom. The zero-order valence-electron chi connectivity index (χ0n) is 9.01. The summed E-state index contributed by atoms with van der Waals surface area (Å²) in [5.74, 6) is 0.0459. The van der Waals surface area contributed by atoms with Crippen molar-refractivity contribution < 1.29 is 4.79 Å². The number of unbranched alkanes of at least 4 members (excludes halogenated alkanes) is 2. The summed E-state index contributed by atoms with van der Waals surface area (Å²) >= 11 is 11.7. The van der Waals surface area contributed by atoms with E-state index in [1.165, 1.54) is 0 Å². The number of ketones is 1. The van der Waals surface area contributed by atoms with Crippen LogP contribution >= 0.6 is 23.2 Å². The van der Waals surface area contributed by atoms with Gasteiger partial charge in [0.2, 0.25) is 0 Å². The molecule has 0 atom stereocenters. The Bertz CT molecular complexity index is 366. The molecule has 0 heterocycles. The van der Waals surface area contributed by atoms with Gasteiger partial charge in [0.25, 0.3) is 0 Å². The minimum absolute atomic E-state index is 0.0459. The summed E-state index contributed by atoms with van der Waals surface area (Å²) < 4.78 is 0. The van der Waals surface area contributed by atoms with Gasteiger partial charge in [-0.15, -0.1) is 0 Å². The zero-order valence-corrected chi connectivity index (χ0v) is 10.5. The molecule has 16 heavy (non-hydrogen) atoms. The normalized spacial score (nSPS) is 10.4. The van der Waals surface area contributed by atoms with Crippen LogP contribution in [-0.2, 0) is 0 Å². The van der Waals surface area contributed by atoms with E-state index in [4.69, 9.17) is 28.9 Å². The maximum Gasteiger partial charge on any atom is 0.164 e. The lowest BCUT2D eigenvalue weighted by molar-refractivity contribution is 0.0979. The lowest BCUT2D eigenvalue weighted by Crippen LogP contribution is -2.02. The van der Waals surface area contributed by atoms with E-state index < -0.39 is 0 Å². The highest BCUT2D eigenvalue weighted by Gasteiger charge is 2.10. The first-order valence-corrected chi connectivity index (χ1v) is 6.09. The Hall–Kier alpha value is -0.570. The molecule has 0 fully saturated rings. The molecule has 0 aliphatic rings. The first-order chi connectivity index (χ1) is 7.65. The van der Waals surface area contributed by atoms with Crippen LogP contribution in [0.4, 0.5) is 0 Å². The first-order valence-electron chi connectivity index (χ1n) is 5.33. The van der Waals surface area contributed by atoms with Crippen LogP contribution in [0.1, 0.15) is 36.0 Å². The summed E-state index contributed by atoms with van der Waals surface area (Å²) in [6.07, 6.45) is 3.27.